The molecule has 1 aliphatic rings. The Morgan fingerprint density at radius 3 is 2.59 bits per heavy atom. The number of anilines is 2. The topological polar surface area (TPSA) is 109 Å². The average Bonchev–Trinajstić information content (AvgIpc) is 2.78. The van der Waals surface area contributed by atoms with Crippen LogP contribution in [-0.2, 0) is 19.9 Å². The number of sulfone groups is 1. The van der Waals surface area contributed by atoms with Crippen LogP contribution in [0.1, 0.15) is 19.8 Å². The zero-order valence-corrected chi connectivity index (χ0v) is 14.2. The molecule has 1 unspecified atom stereocenters. The van der Waals surface area contributed by atoms with E-state index in [4.69, 9.17) is 0 Å². The molecule has 1 saturated heterocycles. The van der Waals surface area contributed by atoms with Gasteiger partial charge >= 0.3 is 0 Å². The van der Waals surface area contributed by atoms with Crippen LogP contribution in [0.3, 0.4) is 0 Å². The lowest BCUT2D eigenvalue weighted by Gasteiger charge is -2.23. The monoisotopic (exact) mass is 348 g/mol. The molecule has 1 aromatic rings. The summed E-state index contributed by atoms with van der Waals surface area (Å²) in [6, 6.07) is 3.03. The second kappa shape index (κ2) is 6.37. The van der Waals surface area contributed by atoms with Crippen molar-refractivity contribution in [3.05, 3.63) is 12.1 Å². The summed E-state index contributed by atoms with van der Waals surface area (Å²) in [4.78, 5) is 1.77. The van der Waals surface area contributed by atoms with Gasteiger partial charge in [0, 0.05) is 13.1 Å². The normalized spacial score (nSPS) is 20.7. The minimum absolute atomic E-state index is 0.0241. The van der Waals surface area contributed by atoms with Crippen LogP contribution in [0.4, 0.5) is 11.6 Å². The summed E-state index contributed by atoms with van der Waals surface area (Å²) >= 11 is 0. The molecule has 1 fully saturated rings. The van der Waals surface area contributed by atoms with Crippen LogP contribution in [0.5, 0.6) is 0 Å². The Morgan fingerprint density at radius 2 is 2.09 bits per heavy atom. The van der Waals surface area contributed by atoms with Crippen molar-refractivity contribution < 1.29 is 16.8 Å². The lowest BCUT2D eigenvalue weighted by molar-refractivity contribution is 0.598. The first-order chi connectivity index (χ1) is 10.2. The van der Waals surface area contributed by atoms with E-state index in [-0.39, 0.29) is 29.1 Å². The summed E-state index contributed by atoms with van der Waals surface area (Å²) in [7, 11) is -4.60. The van der Waals surface area contributed by atoms with Crippen LogP contribution in [0.15, 0.2) is 12.1 Å². The Kier molecular flexibility index (Phi) is 4.90. The first-order valence-electron chi connectivity index (χ1n) is 7.00. The van der Waals surface area contributed by atoms with Gasteiger partial charge in [-0.15, -0.1) is 10.2 Å². The fourth-order valence-corrected chi connectivity index (χ4v) is 5.16. The molecular weight excluding hydrogens is 328 g/mol. The van der Waals surface area contributed by atoms with Crippen LogP contribution in [-0.4, -0.2) is 57.4 Å². The molecule has 1 aliphatic heterocycles. The van der Waals surface area contributed by atoms with E-state index >= 15 is 0 Å². The largest absolute Gasteiger partial charge is 0.354 e. The zero-order valence-electron chi connectivity index (χ0n) is 12.6. The van der Waals surface area contributed by atoms with E-state index in [1.807, 2.05) is 0 Å². The molecular formula is C12H20N4O4S2. The third-order valence-corrected chi connectivity index (χ3v) is 6.72. The molecule has 1 N–H and O–H groups in total. The number of nitrogens with zero attached hydrogens (tertiary/aromatic N) is 3. The van der Waals surface area contributed by atoms with Gasteiger partial charge in [-0.25, -0.2) is 16.8 Å². The fourth-order valence-electron chi connectivity index (χ4n) is 2.31. The van der Waals surface area contributed by atoms with E-state index in [0.717, 1.165) is 0 Å². The highest BCUT2D eigenvalue weighted by Gasteiger charge is 2.31. The van der Waals surface area contributed by atoms with Crippen LogP contribution in [0.25, 0.3) is 0 Å². The highest BCUT2D eigenvalue weighted by atomic mass is 32.2. The van der Waals surface area contributed by atoms with E-state index < -0.39 is 19.9 Å². The van der Waals surface area contributed by atoms with Crippen molar-refractivity contribution in [1.82, 2.24) is 10.2 Å². The van der Waals surface area contributed by atoms with Crippen molar-refractivity contribution in [3.8, 4) is 0 Å². The summed E-state index contributed by atoms with van der Waals surface area (Å²) in [5.74, 6) is 0.988. The lowest BCUT2D eigenvalue weighted by Crippen LogP contribution is -2.33. The second-order valence-electron chi connectivity index (χ2n) is 5.37. The SMILES string of the molecule is CCCS(=O)(=O)Nc1ccc(N(C)C2CCS(=O)(=O)C2)nn1. The third-order valence-electron chi connectivity index (χ3n) is 3.50. The van der Waals surface area contributed by atoms with Gasteiger partial charge in [0.2, 0.25) is 10.0 Å². The summed E-state index contributed by atoms with van der Waals surface area (Å²) in [6.45, 7) is 1.78. The molecule has 0 aliphatic carbocycles. The maximum absolute atomic E-state index is 11.6. The summed E-state index contributed by atoms with van der Waals surface area (Å²) in [5.41, 5.74) is 0. The van der Waals surface area contributed by atoms with Crippen LogP contribution in [0.2, 0.25) is 0 Å². The van der Waals surface area contributed by atoms with Gasteiger partial charge in [-0.3, -0.25) is 4.72 Å². The summed E-state index contributed by atoms with van der Waals surface area (Å²) in [5, 5.41) is 7.81. The quantitative estimate of drug-likeness (QED) is 0.785. The number of nitrogens with one attached hydrogen (secondary N) is 1. The summed E-state index contributed by atoms with van der Waals surface area (Å²) < 4.78 is 48.7. The van der Waals surface area contributed by atoms with Crippen LogP contribution >= 0.6 is 0 Å². The lowest BCUT2D eigenvalue weighted by atomic mass is 10.2. The van der Waals surface area contributed by atoms with Gasteiger partial charge in [-0.05, 0) is 25.0 Å². The van der Waals surface area contributed by atoms with Gasteiger partial charge in [0.25, 0.3) is 0 Å². The Balaban J connectivity index is 2.06. The molecule has 10 heteroatoms. The number of aromatic nitrogens is 2. The molecule has 0 amide bonds. The van der Waals surface area contributed by atoms with Gasteiger partial charge in [0.15, 0.2) is 21.5 Å². The standard InChI is InChI=1S/C12H20N4O4S2/c1-3-7-22(19,20)15-11-4-5-12(14-13-11)16(2)10-6-8-21(17,18)9-10/h4-5,10H,3,6-9H2,1-2H3,(H,13,15). The van der Waals surface area contributed by atoms with Gasteiger partial charge < -0.3 is 4.90 Å². The number of hydrogen-bond acceptors (Lipinski definition) is 7. The van der Waals surface area contributed by atoms with E-state index in [9.17, 15) is 16.8 Å². The maximum Gasteiger partial charge on any atom is 0.233 e. The maximum atomic E-state index is 11.6. The van der Waals surface area contributed by atoms with Gasteiger partial charge in [-0.2, -0.15) is 0 Å². The van der Waals surface area contributed by atoms with Gasteiger partial charge in [0.1, 0.15) is 0 Å². The molecule has 22 heavy (non-hydrogen) atoms. The number of rotatable bonds is 6. The molecule has 0 aromatic carbocycles. The highest BCUT2D eigenvalue weighted by molar-refractivity contribution is 7.92. The first-order valence-corrected chi connectivity index (χ1v) is 10.5. The molecule has 2 rings (SSSR count). The summed E-state index contributed by atoms with van der Waals surface area (Å²) in [6.07, 6.45) is 1.07. The predicted molar refractivity (Wildman–Crippen MR) is 85.2 cm³/mol. The molecule has 0 saturated carbocycles. The molecule has 2 heterocycles. The molecule has 1 aromatic heterocycles. The molecule has 8 nitrogen and oxygen atoms in total. The number of hydrogen-bond donors (Lipinski definition) is 1. The minimum Gasteiger partial charge on any atom is -0.354 e. The molecule has 0 spiro atoms. The molecule has 1 atom stereocenters. The van der Waals surface area contributed by atoms with Gasteiger partial charge in [-0.1, -0.05) is 6.92 Å². The van der Waals surface area contributed by atoms with E-state index in [1.54, 1.807) is 24.9 Å². The van der Waals surface area contributed by atoms with E-state index in [0.29, 0.717) is 18.7 Å². The van der Waals surface area contributed by atoms with Crippen molar-refractivity contribution in [2.24, 2.45) is 0 Å². The first kappa shape index (κ1) is 16.9. The highest BCUT2D eigenvalue weighted by Crippen LogP contribution is 2.21. The Bertz CT molecular complexity index is 716. The third kappa shape index (κ3) is 4.29. The van der Waals surface area contributed by atoms with Crippen LogP contribution < -0.4 is 9.62 Å². The molecule has 0 bridgehead atoms. The van der Waals surface area contributed by atoms with E-state index in [1.165, 1.54) is 6.07 Å². The average molecular weight is 348 g/mol. The van der Waals surface area contributed by atoms with Crippen molar-refractivity contribution in [2.45, 2.75) is 25.8 Å². The van der Waals surface area contributed by atoms with Crippen molar-refractivity contribution in [1.29, 1.82) is 0 Å². The fraction of sp³-hybridized carbons (Fsp3) is 0.667. The predicted octanol–water partition coefficient (Wildman–Crippen LogP) is 0.252. The molecule has 124 valence electrons. The van der Waals surface area contributed by atoms with Crippen molar-refractivity contribution >= 4 is 31.5 Å². The minimum atomic E-state index is -3.39. The molecule has 0 radical (unpaired) electrons. The Hall–Kier alpha value is -1.42. The second-order valence-corrected chi connectivity index (χ2v) is 9.44. The van der Waals surface area contributed by atoms with Crippen LogP contribution in [0, 0.1) is 0 Å². The smallest absolute Gasteiger partial charge is 0.233 e. The zero-order chi connectivity index (χ0) is 16.4. The van der Waals surface area contributed by atoms with Crippen molar-refractivity contribution in [3.63, 3.8) is 0 Å². The van der Waals surface area contributed by atoms with Crippen molar-refractivity contribution in [2.75, 3.05) is 33.9 Å². The Morgan fingerprint density at radius 1 is 1.36 bits per heavy atom. The Labute approximate surface area is 130 Å². The van der Waals surface area contributed by atoms with E-state index in [2.05, 4.69) is 14.9 Å². The number of sulfonamides is 1. The van der Waals surface area contributed by atoms with Gasteiger partial charge in [0.05, 0.1) is 17.3 Å².